The highest BCUT2D eigenvalue weighted by Crippen LogP contribution is 2.20. The van der Waals surface area contributed by atoms with Crippen molar-refractivity contribution in [2.75, 3.05) is 25.6 Å². The molecule has 2 amide bonds. The first-order chi connectivity index (χ1) is 13.6. The number of imidazole rings is 1. The molecule has 3 rings (SSSR count). The molecule has 0 radical (unpaired) electrons. The van der Waals surface area contributed by atoms with E-state index in [1.807, 2.05) is 29.8 Å². The summed E-state index contributed by atoms with van der Waals surface area (Å²) in [5.41, 5.74) is 3.27. The first kappa shape index (κ1) is 19.3. The van der Waals surface area contributed by atoms with Crippen molar-refractivity contribution in [1.82, 2.24) is 14.9 Å². The first-order valence-corrected chi connectivity index (χ1v) is 8.86. The van der Waals surface area contributed by atoms with Crippen molar-refractivity contribution in [3.05, 3.63) is 77.9 Å². The number of nitrogens with zero attached hydrogens (tertiary/aromatic N) is 2. The Labute approximate surface area is 163 Å². The molecule has 144 valence electrons. The van der Waals surface area contributed by atoms with Crippen molar-refractivity contribution in [3.8, 4) is 5.69 Å². The number of hydrogen-bond donors (Lipinski definition) is 2. The Morgan fingerprint density at radius 2 is 1.89 bits per heavy atom. The summed E-state index contributed by atoms with van der Waals surface area (Å²) in [5, 5.41) is 5.67. The molecule has 1 aromatic heterocycles. The van der Waals surface area contributed by atoms with Gasteiger partial charge in [0.1, 0.15) is 0 Å². The van der Waals surface area contributed by atoms with E-state index in [0.717, 1.165) is 5.69 Å². The SMILES string of the molecule is COCCNC(=O)c1cccc(NC(=O)c2ccc(-n3ccnc3)cc2)c1C. The lowest BCUT2D eigenvalue weighted by Crippen LogP contribution is -2.27. The summed E-state index contributed by atoms with van der Waals surface area (Å²) >= 11 is 0. The van der Waals surface area contributed by atoms with Crippen LogP contribution >= 0.6 is 0 Å². The topological polar surface area (TPSA) is 85.3 Å². The summed E-state index contributed by atoms with van der Waals surface area (Å²) in [7, 11) is 1.58. The maximum atomic E-state index is 12.6. The fourth-order valence-corrected chi connectivity index (χ4v) is 2.77. The van der Waals surface area contributed by atoms with E-state index in [1.165, 1.54) is 0 Å². The lowest BCUT2D eigenvalue weighted by Gasteiger charge is -2.13. The second kappa shape index (κ2) is 8.96. The molecular weight excluding hydrogens is 356 g/mol. The van der Waals surface area contributed by atoms with Gasteiger partial charge in [-0.15, -0.1) is 0 Å². The molecule has 0 fully saturated rings. The molecule has 7 nitrogen and oxygen atoms in total. The summed E-state index contributed by atoms with van der Waals surface area (Å²) in [4.78, 5) is 28.9. The van der Waals surface area contributed by atoms with Gasteiger partial charge in [-0.2, -0.15) is 0 Å². The first-order valence-electron chi connectivity index (χ1n) is 8.86. The van der Waals surface area contributed by atoms with Gasteiger partial charge >= 0.3 is 0 Å². The van der Waals surface area contributed by atoms with Crippen LogP contribution in [0, 0.1) is 6.92 Å². The smallest absolute Gasteiger partial charge is 0.255 e. The number of carbonyl (C=O) groups is 2. The maximum absolute atomic E-state index is 12.6. The highest BCUT2D eigenvalue weighted by molar-refractivity contribution is 6.06. The molecule has 0 unspecified atom stereocenters. The Balaban J connectivity index is 1.71. The van der Waals surface area contributed by atoms with E-state index in [0.29, 0.717) is 35.5 Å². The van der Waals surface area contributed by atoms with Crippen molar-refractivity contribution in [1.29, 1.82) is 0 Å². The molecule has 0 atom stereocenters. The third-order valence-corrected chi connectivity index (χ3v) is 4.35. The number of amides is 2. The maximum Gasteiger partial charge on any atom is 0.255 e. The molecule has 0 saturated carbocycles. The number of rotatable bonds is 7. The minimum absolute atomic E-state index is 0.199. The zero-order chi connectivity index (χ0) is 19.9. The third kappa shape index (κ3) is 4.44. The molecule has 7 heteroatoms. The number of anilines is 1. The van der Waals surface area contributed by atoms with Crippen LogP contribution in [0.15, 0.2) is 61.2 Å². The van der Waals surface area contributed by atoms with Gasteiger partial charge in [0.15, 0.2) is 0 Å². The van der Waals surface area contributed by atoms with Crippen molar-refractivity contribution in [2.24, 2.45) is 0 Å². The van der Waals surface area contributed by atoms with E-state index in [9.17, 15) is 9.59 Å². The fourth-order valence-electron chi connectivity index (χ4n) is 2.77. The molecular formula is C21H22N4O3. The third-order valence-electron chi connectivity index (χ3n) is 4.35. The second-order valence-electron chi connectivity index (χ2n) is 6.20. The van der Waals surface area contributed by atoms with Crippen LogP contribution in [-0.2, 0) is 4.74 Å². The van der Waals surface area contributed by atoms with Crippen molar-refractivity contribution in [2.45, 2.75) is 6.92 Å². The van der Waals surface area contributed by atoms with Crippen molar-refractivity contribution in [3.63, 3.8) is 0 Å². The van der Waals surface area contributed by atoms with Crippen LogP contribution in [0.2, 0.25) is 0 Å². The second-order valence-corrected chi connectivity index (χ2v) is 6.20. The lowest BCUT2D eigenvalue weighted by atomic mass is 10.1. The van der Waals surface area contributed by atoms with Gasteiger partial charge in [0.25, 0.3) is 11.8 Å². The minimum Gasteiger partial charge on any atom is -0.383 e. The van der Waals surface area contributed by atoms with Gasteiger partial charge in [0.05, 0.1) is 12.9 Å². The standard InChI is InChI=1S/C21H22N4O3/c1-15-18(21(27)23-11-13-28-2)4-3-5-19(15)24-20(26)16-6-8-17(9-7-16)25-12-10-22-14-25/h3-10,12,14H,11,13H2,1-2H3,(H,23,27)(H,24,26). The van der Waals surface area contributed by atoms with Gasteiger partial charge in [0, 0.05) is 48.5 Å². The Kier molecular flexibility index (Phi) is 6.18. The number of carbonyl (C=O) groups excluding carboxylic acids is 2. The monoisotopic (exact) mass is 378 g/mol. The number of hydrogen-bond acceptors (Lipinski definition) is 4. The predicted molar refractivity (Wildman–Crippen MR) is 107 cm³/mol. The zero-order valence-corrected chi connectivity index (χ0v) is 15.8. The molecule has 2 aromatic carbocycles. The van der Waals surface area contributed by atoms with Gasteiger partial charge in [-0.1, -0.05) is 6.07 Å². The van der Waals surface area contributed by atoms with Crippen LogP contribution in [0.25, 0.3) is 5.69 Å². The van der Waals surface area contributed by atoms with Crippen LogP contribution in [0.3, 0.4) is 0 Å². The van der Waals surface area contributed by atoms with Crippen molar-refractivity contribution < 1.29 is 14.3 Å². The highest BCUT2D eigenvalue weighted by atomic mass is 16.5. The number of methoxy groups -OCH3 is 1. The van der Waals surface area contributed by atoms with Crippen LogP contribution in [-0.4, -0.2) is 41.6 Å². The molecule has 3 aromatic rings. The van der Waals surface area contributed by atoms with E-state index in [4.69, 9.17) is 4.74 Å². The average Bonchev–Trinajstić information content (AvgIpc) is 3.24. The molecule has 0 bridgehead atoms. The molecule has 0 aliphatic carbocycles. The van der Waals surface area contributed by atoms with Gasteiger partial charge in [-0.25, -0.2) is 4.98 Å². The number of benzene rings is 2. The Bertz CT molecular complexity index is 950. The normalized spacial score (nSPS) is 10.5. The van der Waals surface area contributed by atoms with Crippen molar-refractivity contribution >= 4 is 17.5 Å². The quantitative estimate of drug-likeness (QED) is 0.619. The molecule has 28 heavy (non-hydrogen) atoms. The summed E-state index contributed by atoms with van der Waals surface area (Å²) in [6, 6.07) is 12.5. The fraction of sp³-hybridized carbons (Fsp3) is 0.190. The number of aromatic nitrogens is 2. The zero-order valence-electron chi connectivity index (χ0n) is 15.8. The highest BCUT2D eigenvalue weighted by Gasteiger charge is 2.14. The lowest BCUT2D eigenvalue weighted by molar-refractivity contribution is 0.0935. The average molecular weight is 378 g/mol. The minimum atomic E-state index is -0.239. The molecule has 0 aliphatic rings. The molecule has 0 aliphatic heterocycles. The molecule has 0 saturated heterocycles. The summed E-state index contributed by atoms with van der Waals surface area (Å²) in [6.07, 6.45) is 5.23. The largest absolute Gasteiger partial charge is 0.383 e. The van der Waals surface area contributed by atoms with E-state index in [1.54, 1.807) is 50.0 Å². The van der Waals surface area contributed by atoms with E-state index >= 15 is 0 Å². The summed E-state index contributed by atoms with van der Waals surface area (Å²) in [6.45, 7) is 2.67. The predicted octanol–water partition coefficient (Wildman–Crippen LogP) is 2.81. The van der Waals surface area contributed by atoms with Crippen LogP contribution < -0.4 is 10.6 Å². The molecule has 0 spiro atoms. The van der Waals surface area contributed by atoms with Gasteiger partial charge in [0.2, 0.25) is 0 Å². The summed E-state index contributed by atoms with van der Waals surface area (Å²) < 4.78 is 6.80. The van der Waals surface area contributed by atoms with E-state index in [-0.39, 0.29) is 11.8 Å². The van der Waals surface area contributed by atoms with Gasteiger partial charge in [-0.3, -0.25) is 9.59 Å². The Morgan fingerprint density at radius 1 is 1.11 bits per heavy atom. The van der Waals surface area contributed by atoms with E-state index < -0.39 is 0 Å². The Morgan fingerprint density at radius 3 is 2.57 bits per heavy atom. The molecule has 2 N–H and O–H groups in total. The number of ether oxygens (including phenoxy) is 1. The van der Waals surface area contributed by atoms with Gasteiger partial charge < -0.3 is 19.9 Å². The van der Waals surface area contributed by atoms with Gasteiger partial charge in [-0.05, 0) is 48.9 Å². The van der Waals surface area contributed by atoms with Crippen LogP contribution in [0.4, 0.5) is 5.69 Å². The van der Waals surface area contributed by atoms with E-state index in [2.05, 4.69) is 15.6 Å². The number of nitrogens with one attached hydrogen (secondary N) is 2. The summed E-state index contributed by atoms with van der Waals surface area (Å²) in [5.74, 6) is -0.437. The van der Waals surface area contributed by atoms with Crippen LogP contribution in [0.5, 0.6) is 0 Å². The Hall–Kier alpha value is -3.45. The molecule has 1 heterocycles. The van der Waals surface area contributed by atoms with Crippen LogP contribution in [0.1, 0.15) is 26.3 Å².